The summed E-state index contributed by atoms with van der Waals surface area (Å²) in [7, 11) is 0. The highest BCUT2D eigenvalue weighted by atomic mass is 32.2. The normalized spacial score (nSPS) is 20.1. The molecule has 0 aromatic heterocycles. The summed E-state index contributed by atoms with van der Waals surface area (Å²) in [6.07, 6.45) is 4.21. The van der Waals surface area contributed by atoms with Gasteiger partial charge in [0.05, 0.1) is 4.99 Å². The van der Waals surface area contributed by atoms with Gasteiger partial charge in [-0.05, 0) is 25.5 Å². The molecule has 1 saturated heterocycles. The zero-order valence-corrected chi connectivity index (χ0v) is 12.7. The van der Waals surface area contributed by atoms with Crippen LogP contribution in [0.2, 0.25) is 0 Å². The number of nitrogens with one attached hydrogen (secondary N) is 1. The molecule has 1 unspecified atom stereocenters. The number of rotatable bonds is 6. The van der Waals surface area contributed by atoms with E-state index < -0.39 is 5.41 Å². The van der Waals surface area contributed by atoms with Crippen LogP contribution in [0.25, 0.3) is 0 Å². The Morgan fingerprint density at radius 2 is 2.17 bits per heavy atom. The van der Waals surface area contributed by atoms with E-state index in [0.29, 0.717) is 42.8 Å². The monoisotopic (exact) mass is 290 g/mol. The number of thioether (sulfide) groups is 1. The molecule has 18 heavy (non-hydrogen) atoms. The van der Waals surface area contributed by atoms with E-state index in [4.69, 9.17) is 22.7 Å². The van der Waals surface area contributed by atoms with Gasteiger partial charge in [-0.1, -0.05) is 19.1 Å². The largest absolute Gasteiger partial charge is 0.392 e. The molecule has 0 spiro atoms. The molecule has 1 heterocycles. The lowest BCUT2D eigenvalue weighted by molar-refractivity contribution is -0.131. The van der Waals surface area contributed by atoms with Gasteiger partial charge in [-0.25, -0.2) is 0 Å². The predicted molar refractivity (Wildman–Crippen MR) is 79.9 cm³/mol. The van der Waals surface area contributed by atoms with E-state index in [1.165, 1.54) is 0 Å². The van der Waals surface area contributed by atoms with Crippen LogP contribution in [0.4, 0.5) is 0 Å². The van der Waals surface area contributed by atoms with Crippen LogP contribution < -0.4 is 11.1 Å². The number of thiocarbonyl (C=S) groups is 1. The maximum atomic E-state index is 12.3. The Bertz CT molecular complexity index is 304. The molecule has 0 aliphatic carbocycles. The van der Waals surface area contributed by atoms with Crippen LogP contribution in [0, 0.1) is 5.41 Å². The van der Waals surface area contributed by atoms with Crippen LogP contribution in [0.3, 0.4) is 0 Å². The van der Waals surface area contributed by atoms with Crippen LogP contribution in [0.1, 0.15) is 26.2 Å². The Hall–Kier alpha value is -0.330. The van der Waals surface area contributed by atoms with Gasteiger partial charge in [-0.2, -0.15) is 11.8 Å². The summed E-state index contributed by atoms with van der Waals surface area (Å²) in [5.74, 6) is -0.0356. The topological polar surface area (TPSA) is 64.4 Å². The molecule has 4 nitrogen and oxygen atoms in total. The fraction of sp³-hybridized carbons (Fsp3) is 0.833. The Labute approximate surface area is 118 Å². The lowest BCUT2D eigenvalue weighted by atomic mass is 9.79. The van der Waals surface area contributed by atoms with Crippen LogP contribution in [-0.2, 0) is 9.53 Å². The molecule has 1 fully saturated rings. The number of amides is 1. The first-order valence-corrected chi connectivity index (χ1v) is 7.91. The van der Waals surface area contributed by atoms with Gasteiger partial charge in [0.1, 0.15) is 5.41 Å². The molecule has 0 radical (unpaired) electrons. The summed E-state index contributed by atoms with van der Waals surface area (Å²) in [5, 5.41) is 3.51. The van der Waals surface area contributed by atoms with Crippen molar-refractivity contribution in [3.63, 3.8) is 0 Å². The molecular formula is C12H22N2O2S2. The molecule has 1 amide bonds. The third kappa shape index (κ3) is 3.83. The molecule has 0 aromatic carbocycles. The first-order valence-electron chi connectivity index (χ1n) is 6.21. The van der Waals surface area contributed by atoms with Crippen LogP contribution >= 0.6 is 24.0 Å². The van der Waals surface area contributed by atoms with Crippen molar-refractivity contribution in [2.45, 2.75) is 31.4 Å². The Balaban J connectivity index is 2.53. The highest BCUT2D eigenvalue weighted by Gasteiger charge is 2.42. The minimum atomic E-state index is -0.698. The molecule has 1 aliphatic rings. The number of nitrogens with two attached hydrogens (primary N) is 1. The molecule has 0 bridgehead atoms. The molecular weight excluding hydrogens is 268 g/mol. The highest BCUT2D eigenvalue weighted by Crippen LogP contribution is 2.31. The van der Waals surface area contributed by atoms with Gasteiger partial charge in [0.2, 0.25) is 5.91 Å². The van der Waals surface area contributed by atoms with E-state index in [-0.39, 0.29) is 5.91 Å². The summed E-state index contributed by atoms with van der Waals surface area (Å²) in [5.41, 5.74) is 5.07. The number of carbonyl (C=O) groups excluding carboxylic acids is 1. The second-order valence-electron chi connectivity index (χ2n) is 4.65. The van der Waals surface area contributed by atoms with E-state index in [1.807, 2.05) is 0 Å². The zero-order valence-electron chi connectivity index (χ0n) is 11.0. The third-order valence-electron chi connectivity index (χ3n) is 3.49. The van der Waals surface area contributed by atoms with Crippen molar-refractivity contribution < 1.29 is 9.53 Å². The number of carbonyl (C=O) groups is 1. The van der Waals surface area contributed by atoms with Crippen molar-refractivity contribution in [3.8, 4) is 0 Å². The standard InChI is InChI=1S/C12H22N2O2S2/c1-9(18-2)3-6-14-11(15)12(10(13)17)4-7-16-8-5-12/h9H,3-8H2,1-2H3,(H2,13,17)(H,14,15). The number of ether oxygens (including phenoxy) is 1. The average Bonchev–Trinajstić information content (AvgIpc) is 2.38. The predicted octanol–water partition coefficient (Wildman–Crippen LogP) is 1.33. The van der Waals surface area contributed by atoms with E-state index in [1.54, 1.807) is 11.8 Å². The van der Waals surface area contributed by atoms with Gasteiger partial charge in [-0.15, -0.1) is 0 Å². The summed E-state index contributed by atoms with van der Waals surface area (Å²) >= 11 is 6.88. The van der Waals surface area contributed by atoms with Gasteiger partial charge in [-0.3, -0.25) is 4.79 Å². The Morgan fingerprint density at radius 3 is 2.67 bits per heavy atom. The molecule has 6 heteroatoms. The van der Waals surface area contributed by atoms with Gasteiger partial charge in [0.15, 0.2) is 0 Å². The smallest absolute Gasteiger partial charge is 0.233 e. The van der Waals surface area contributed by atoms with Crippen LogP contribution in [-0.4, -0.2) is 42.2 Å². The first-order chi connectivity index (χ1) is 8.53. The molecule has 0 aromatic rings. The SMILES string of the molecule is CSC(C)CCNC(=O)C1(C(N)=S)CCOCC1. The lowest BCUT2D eigenvalue weighted by Gasteiger charge is -2.34. The molecule has 1 rings (SSSR count). The lowest BCUT2D eigenvalue weighted by Crippen LogP contribution is -2.52. The van der Waals surface area contributed by atoms with Crippen molar-refractivity contribution in [2.75, 3.05) is 26.0 Å². The molecule has 1 atom stereocenters. The first kappa shape index (κ1) is 15.7. The molecule has 104 valence electrons. The van der Waals surface area contributed by atoms with Crippen molar-refractivity contribution >= 4 is 34.9 Å². The van der Waals surface area contributed by atoms with E-state index in [9.17, 15) is 4.79 Å². The third-order valence-corrected chi connectivity index (χ3v) is 4.92. The van der Waals surface area contributed by atoms with E-state index >= 15 is 0 Å². The van der Waals surface area contributed by atoms with Gasteiger partial charge >= 0.3 is 0 Å². The molecule has 1 aliphatic heterocycles. The van der Waals surface area contributed by atoms with E-state index in [2.05, 4.69) is 18.5 Å². The fourth-order valence-electron chi connectivity index (χ4n) is 1.98. The maximum Gasteiger partial charge on any atom is 0.233 e. The van der Waals surface area contributed by atoms with Crippen molar-refractivity contribution in [1.29, 1.82) is 0 Å². The Morgan fingerprint density at radius 1 is 1.56 bits per heavy atom. The summed E-state index contributed by atoms with van der Waals surface area (Å²) in [6, 6.07) is 0. The average molecular weight is 290 g/mol. The molecule has 3 N–H and O–H groups in total. The fourth-order valence-corrected chi connectivity index (χ4v) is 2.63. The number of hydrogen-bond donors (Lipinski definition) is 2. The van der Waals surface area contributed by atoms with Crippen molar-refractivity contribution in [3.05, 3.63) is 0 Å². The van der Waals surface area contributed by atoms with Gasteiger partial charge in [0.25, 0.3) is 0 Å². The van der Waals surface area contributed by atoms with Gasteiger partial charge in [0, 0.05) is 25.0 Å². The second kappa shape index (κ2) is 7.31. The second-order valence-corrected chi connectivity index (χ2v) is 6.37. The van der Waals surface area contributed by atoms with Crippen LogP contribution in [0.15, 0.2) is 0 Å². The van der Waals surface area contributed by atoms with E-state index in [0.717, 1.165) is 6.42 Å². The summed E-state index contributed by atoms with van der Waals surface area (Å²) in [6.45, 7) is 3.92. The number of hydrogen-bond acceptors (Lipinski definition) is 4. The van der Waals surface area contributed by atoms with Crippen LogP contribution in [0.5, 0.6) is 0 Å². The Kier molecular flexibility index (Phi) is 6.38. The molecule has 0 saturated carbocycles. The maximum absolute atomic E-state index is 12.3. The highest BCUT2D eigenvalue weighted by molar-refractivity contribution is 7.99. The van der Waals surface area contributed by atoms with Crippen molar-refractivity contribution in [2.24, 2.45) is 11.1 Å². The van der Waals surface area contributed by atoms with Crippen molar-refractivity contribution in [1.82, 2.24) is 5.32 Å². The quantitative estimate of drug-likeness (QED) is 0.723. The minimum absolute atomic E-state index is 0.0356. The van der Waals surface area contributed by atoms with Gasteiger partial charge < -0.3 is 15.8 Å². The summed E-state index contributed by atoms with van der Waals surface area (Å²) < 4.78 is 5.29. The summed E-state index contributed by atoms with van der Waals surface area (Å²) in [4.78, 5) is 12.6. The zero-order chi connectivity index (χ0) is 13.6. The minimum Gasteiger partial charge on any atom is -0.392 e.